The van der Waals surface area contributed by atoms with Crippen molar-refractivity contribution in [2.75, 3.05) is 6.61 Å². The topological polar surface area (TPSA) is 72.9 Å². The first-order valence-electron chi connectivity index (χ1n) is 9.64. The van der Waals surface area contributed by atoms with Crippen LogP contribution in [0.5, 0.6) is 0 Å². The van der Waals surface area contributed by atoms with Crippen LogP contribution in [0.3, 0.4) is 0 Å². The average molecular weight is 389 g/mol. The molecule has 1 aromatic carbocycles. The Morgan fingerprint density at radius 3 is 2.29 bits per heavy atom. The second kappa shape index (κ2) is 8.33. The summed E-state index contributed by atoms with van der Waals surface area (Å²) in [6.45, 7) is 11.2. The summed E-state index contributed by atoms with van der Waals surface area (Å²) in [5, 5.41) is 0. The van der Waals surface area contributed by atoms with Crippen molar-refractivity contribution in [3.8, 4) is 0 Å². The van der Waals surface area contributed by atoms with E-state index in [0.29, 0.717) is 6.42 Å². The Hall–Kier alpha value is -2.37. The zero-order valence-corrected chi connectivity index (χ0v) is 17.7. The Bertz CT molecular complexity index is 715. The fourth-order valence-electron chi connectivity index (χ4n) is 3.25. The lowest BCUT2D eigenvalue weighted by Gasteiger charge is -2.33. The minimum atomic E-state index is -0.689. The van der Waals surface area contributed by atoms with Crippen LogP contribution in [0.15, 0.2) is 30.3 Å². The van der Waals surface area contributed by atoms with Crippen LogP contribution in [0.1, 0.15) is 53.5 Å². The predicted molar refractivity (Wildman–Crippen MR) is 106 cm³/mol. The fraction of sp³-hybridized carbons (Fsp3) is 0.591. The fourth-order valence-corrected chi connectivity index (χ4v) is 3.25. The lowest BCUT2D eigenvalue weighted by Crippen LogP contribution is -2.47. The van der Waals surface area contributed by atoms with E-state index in [-0.39, 0.29) is 25.0 Å². The third-order valence-corrected chi connectivity index (χ3v) is 4.65. The Kier molecular flexibility index (Phi) is 6.52. The second-order valence-corrected chi connectivity index (χ2v) is 9.34. The van der Waals surface area contributed by atoms with Gasteiger partial charge in [-0.2, -0.15) is 0 Å². The van der Waals surface area contributed by atoms with Crippen LogP contribution in [0.25, 0.3) is 0 Å². The number of carbonyl (C=O) groups excluding carboxylic acids is 3. The number of carbonyl (C=O) groups is 3. The quantitative estimate of drug-likeness (QED) is 0.713. The Balaban J connectivity index is 2.21. The molecule has 0 aliphatic carbocycles. The van der Waals surface area contributed by atoms with Gasteiger partial charge in [0.05, 0.1) is 18.4 Å². The largest absolute Gasteiger partial charge is 0.460 e. The highest BCUT2D eigenvalue weighted by Crippen LogP contribution is 2.33. The van der Waals surface area contributed by atoms with Crippen molar-refractivity contribution in [3.05, 3.63) is 35.9 Å². The lowest BCUT2D eigenvalue weighted by atomic mass is 9.77. The molecule has 1 aliphatic heterocycles. The monoisotopic (exact) mass is 389 g/mol. The molecule has 2 amide bonds. The van der Waals surface area contributed by atoms with E-state index in [1.165, 1.54) is 4.90 Å². The first-order chi connectivity index (χ1) is 12.9. The summed E-state index contributed by atoms with van der Waals surface area (Å²) < 4.78 is 10.6. The third-order valence-electron chi connectivity index (χ3n) is 4.65. The summed E-state index contributed by atoms with van der Waals surface area (Å²) in [7, 11) is 0. The molecule has 0 aromatic heterocycles. The molecule has 0 N–H and O–H groups in total. The maximum atomic E-state index is 13.3. The molecule has 0 bridgehead atoms. The molecule has 1 heterocycles. The number of hydrogen-bond acceptors (Lipinski definition) is 5. The van der Waals surface area contributed by atoms with Gasteiger partial charge in [-0.3, -0.25) is 9.59 Å². The van der Waals surface area contributed by atoms with Gasteiger partial charge in [0.25, 0.3) is 0 Å². The number of rotatable bonds is 5. The molecule has 28 heavy (non-hydrogen) atoms. The summed E-state index contributed by atoms with van der Waals surface area (Å²) in [5.74, 6) is -1.53. The van der Waals surface area contributed by atoms with Gasteiger partial charge in [-0.1, -0.05) is 51.1 Å². The molecule has 1 aromatic rings. The van der Waals surface area contributed by atoms with Gasteiger partial charge in [-0.25, -0.2) is 9.69 Å². The van der Waals surface area contributed by atoms with E-state index >= 15 is 0 Å². The molecule has 1 saturated heterocycles. The van der Waals surface area contributed by atoms with Crippen LogP contribution >= 0.6 is 0 Å². The first-order valence-corrected chi connectivity index (χ1v) is 9.64. The normalized spacial score (nSPS) is 18.6. The Morgan fingerprint density at radius 1 is 1.14 bits per heavy atom. The number of nitrogens with zero attached hydrogens (tertiary/aromatic N) is 1. The van der Waals surface area contributed by atoms with Crippen molar-refractivity contribution in [2.24, 2.45) is 11.3 Å². The molecule has 2 atom stereocenters. The molecular weight excluding hydrogens is 358 g/mol. The zero-order valence-electron chi connectivity index (χ0n) is 17.7. The van der Waals surface area contributed by atoms with Gasteiger partial charge in [0.15, 0.2) is 0 Å². The number of hydrogen-bond donors (Lipinski definition) is 0. The molecule has 154 valence electrons. The molecule has 6 nitrogen and oxygen atoms in total. The van der Waals surface area contributed by atoms with Crippen molar-refractivity contribution in [2.45, 2.75) is 66.0 Å². The van der Waals surface area contributed by atoms with Crippen molar-refractivity contribution >= 4 is 18.0 Å². The van der Waals surface area contributed by atoms with E-state index in [1.54, 1.807) is 20.8 Å². The van der Waals surface area contributed by atoms with Crippen LogP contribution in [-0.4, -0.2) is 41.1 Å². The summed E-state index contributed by atoms with van der Waals surface area (Å²) in [6, 6.07) is 9.27. The molecule has 0 unspecified atom stereocenters. The van der Waals surface area contributed by atoms with E-state index in [2.05, 4.69) is 0 Å². The molecule has 1 aliphatic rings. The molecule has 6 heteroatoms. The number of cyclic esters (lactones) is 1. The van der Waals surface area contributed by atoms with E-state index in [0.717, 1.165) is 5.56 Å². The SMILES string of the molecule is CC(C)(C)OC(=O)C[C@@H](C(=O)N1C(=O)OC[C@H]1Cc1ccccc1)C(C)(C)C. The molecule has 1 fully saturated rings. The smallest absolute Gasteiger partial charge is 0.416 e. The number of amides is 2. The van der Waals surface area contributed by atoms with Gasteiger partial charge >= 0.3 is 12.1 Å². The van der Waals surface area contributed by atoms with Gasteiger partial charge in [-0.05, 0) is 38.2 Å². The lowest BCUT2D eigenvalue weighted by molar-refractivity contribution is -0.160. The number of imide groups is 1. The van der Waals surface area contributed by atoms with Gasteiger partial charge in [0.1, 0.15) is 12.2 Å². The molecule has 2 rings (SSSR count). The Morgan fingerprint density at radius 2 is 1.75 bits per heavy atom. The molecule has 0 spiro atoms. The zero-order chi connectivity index (χ0) is 21.1. The third kappa shape index (κ3) is 5.81. The van der Waals surface area contributed by atoms with Gasteiger partial charge in [0.2, 0.25) is 5.91 Å². The number of benzene rings is 1. The van der Waals surface area contributed by atoms with E-state index in [1.807, 2.05) is 51.1 Å². The second-order valence-electron chi connectivity index (χ2n) is 9.34. The van der Waals surface area contributed by atoms with E-state index < -0.39 is 29.0 Å². The standard InChI is InChI=1S/C22H31NO5/c1-21(2,3)17(13-18(24)28-22(4,5)6)19(25)23-16(14-27-20(23)26)12-15-10-8-7-9-11-15/h7-11,16-17H,12-14H2,1-6H3/t16-,17+/m1/s1. The highest BCUT2D eigenvalue weighted by atomic mass is 16.6. The Labute approximate surface area is 167 Å². The van der Waals surface area contributed by atoms with Crippen molar-refractivity contribution in [3.63, 3.8) is 0 Å². The number of ether oxygens (including phenoxy) is 2. The van der Waals surface area contributed by atoms with Crippen LogP contribution in [0, 0.1) is 11.3 Å². The summed E-state index contributed by atoms with van der Waals surface area (Å²) in [6.07, 6.45) is -0.215. The highest BCUT2D eigenvalue weighted by Gasteiger charge is 2.45. The minimum absolute atomic E-state index is 0.0819. The molecule has 0 saturated carbocycles. The van der Waals surface area contributed by atoms with Gasteiger partial charge < -0.3 is 9.47 Å². The van der Waals surface area contributed by atoms with Crippen molar-refractivity contribution in [1.82, 2.24) is 4.90 Å². The van der Waals surface area contributed by atoms with E-state index in [4.69, 9.17) is 9.47 Å². The van der Waals surface area contributed by atoms with Crippen LogP contribution in [-0.2, 0) is 25.5 Å². The highest BCUT2D eigenvalue weighted by molar-refractivity contribution is 5.96. The molecular formula is C22H31NO5. The van der Waals surface area contributed by atoms with Gasteiger partial charge in [-0.15, -0.1) is 0 Å². The van der Waals surface area contributed by atoms with Crippen molar-refractivity contribution < 1.29 is 23.9 Å². The van der Waals surface area contributed by atoms with Gasteiger partial charge in [0, 0.05) is 0 Å². The average Bonchev–Trinajstić information content (AvgIpc) is 2.91. The summed E-state index contributed by atoms with van der Waals surface area (Å²) in [4.78, 5) is 39.2. The minimum Gasteiger partial charge on any atom is -0.460 e. The number of esters is 1. The maximum absolute atomic E-state index is 13.3. The van der Waals surface area contributed by atoms with Crippen LogP contribution in [0.2, 0.25) is 0 Å². The summed E-state index contributed by atoms with van der Waals surface area (Å²) >= 11 is 0. The van der Waals surface area contributed by atoms with Crippen LogP contribution in [0.4, 0.5) is 4.79 Å². The predicted octanol–water partition coefficient (Wildman–Crippen LogP) is 3.97. The van der Waals surface area contributed by atoms with Crippen LogP contribution < -0.4 is 0 Å². The van der Waals surface area contributed by atoms with E-state index in [9.17, 15) is 14.4 Å². The summed E-state index contributed by atoms with van der Waals surface area (Å²) in [5.41, 5.74) is -0.137. The first kappa shape index (κ1) is 21.9. The molecule has 0 radical (unpaired) electrons. The maximum Gasteiger partial charge on any atom is 0.416 e. The van der Waals surface area contributed by atoms with Crippen molar-refractivity contribution in [1.29, 1.82) is 0 Å².